The molecule has 0 aliphatic carbocycles. The van der Waals surface area contributed by atoms with E-state index in [2.05, 4.69) is 45.0 Å². The van der Waals surface area contributed by atoms with E-state index < -0.39 is 0 Å². The summed E-state index contributed by atoms with van der Waals surface area (Å²) in [7, 11) is 1.84. The number of rotatable bonds is 7. The molecule has 4 nitrogen and oxygen atoms in total. The van der Waals surface area contributed by atoms with Gasteiger partial charge < -0.3 is 10.6 Å². The van der Waals surface area contributed by atoms with E-state index in [1.54, 1.807) is 0 Å². The molecule has 1 aliphatic rings. The van der Waals surface area contributed by atoms with Crippen LogP contribution < -0.4 is 10.6 Å². The second-order valence-corrected chi connectivity index (χ2v) is 6.55. The Morgan fingerprint density at radius 2 is 2.19 bits per heavy atom. The first-order valence-electron chi connectivity index (χ1n) is 8.04. The highest BCUT2D eigenvalue weighted by molar-refractivity contribution is 7.09. The number of hydrogen-bond donors (Lipinski definition) is 2. The summed E-state index contributed by atoms with van der Waals surface area (Å²) in [5.41, 5.74) is 0. The maximum atomic E-state index is 4.32. The van der Waals surface area contributed by atoms with Gasteiger partial charge in [-0.3, -0.25) is 9.89 Å². The largest absolute Gasteiger partial charge is 0.356 e. The van der Waals surface area contributed by atoms with Gasteiger partial charge in [0.1, 0.15) is 0 Å². The lowest BCUT2D eigenvalue weighted by Gasteiger charge is -2.27. The second kappa shape index (κ2) is 9.05. The molecule has 0 bridgehead atoms. The van der Waals surface area contributed by atoms with Crippen molar-refractivity contribution in [1.29, 1.82) is 0 Å². The summed E-state index contributed by atoms with van der Waals surface area (Å²) in [6.45, 7) is 6.70. The van der Waals surface area contributed by atoms with Crippen LogP contribution in [-0.4, -0.2) is 50.1 Å². The van der Waals surface area contributed by atoms with Crippen molar-refractivity contribution in [2.45, 2.75) is 38.6 Å². The predicted molar refractivity (Wildman–Crippen MR) is 92.3 cm³/mol. The Morgan fingerprint density at radius 1 is 1.38 bits per heavy atom. The Balaban J connectivity index is 1.68. The molecule has 21 heavy (non-hydrogen) atoms. The standard InChI is InChI=1S/C16H28N4S/c1-3-14(20-10-4-5-11-20)13-19-16(17-2)18-9-8-15-7-6-12-21-15/h6-7,12,14H,3-5,8-11,13H2,1-2H3,(H2,17,18,19). The molecule has 2 rings (SSSR count). The van der Waals surface area contributed by atoms with Crippen LogP contribution in [0.2, 0.25) is 0 Å². The van der Waals surface area contributed by atoms with Gasteiger partial charge in [0.2, 0.25) is 0 Å². The Morgan fingerprint density at radius 3 is 2.81 bits per heavy atom. The van der Waals surface area contributed by atoms with Gasteiger partial charge in [0.15, 0.2) is 5.96 Å². The van der Waals surface area contributed by atoms with Crippen LogP contribution in [-0.2, 0) is 6.42 Å². The molecule has 0 amide bonds. The van der Waals surface area contributed by atoms with E-state index in [4.69, 9.17) is 0 Å². The summed E-state index contributed by atoms with van der Waals surface area (Å²) in [6.07, 6.45) is 4.95. The van der Waals surface area contributed by atoms with Crippen molar-refractivity contribution in [2.75, 3.05) is 33.2 Å². The van der Waals surface area contributed by atoms with Crippen molar-refractivity contribution < 1.29 is 0 Å². The van der Waals surface area contributed by atoms with E-state index in [9.17, 15) is 0 Å². The molecule has 0 saturated carbocycles. The fraction of sp³-hybridized carbons (Fsp3) is 0.688. The molecule has 0 aromatic carbocycles. The molecule has 1 aromatic heterocycles. The molecule has 0 spiro atoms. The third kappa shape index (κ3) is 5.32. The fourth-order valence-corrected chi connectivity index (χ4v) is 3.54. The summed E-state index contributed by atoms with van der Waals surface area (Å²) in [5, 5.41) is 9.01. The topological polar surface area (TPSA) is 39.7 Å². The molecule has 0 radical (unpaired) electrons. The first-order valence-corrected chi connectivity index (χ1v) is 8.92. The third-order valence-electron chi connectivity index (χ3n) is 4.10. The number of nitrogens with zero attached hydrogens (tertiary/aromatic N) is 2. The van der Waals surface area contributed by atoms with Crippen LogP contribution in [0.15, 0.2) is 22.5 Å². The van der Waals surface area contributed by atoms with Crippen molar-refractivity contribution in [2.24, 2.45) is 4.99 Å². The van der Waals surface area contributed by atoms with Crippen LogP contribution in [0.4, 0.5) is 0 Å². The SMILES string of the molecule is CCC(CNC(=NC)NCCc1cccs1)N1CCCC1. The van der Waals surface area contributed by atoms with Crippen molar-refractivity contribution >= 4 is 17.3 Å². The molecular formula is C16H28N4S. The number of nitrogens with one attached hydrogen (secondary N) is 2. The van der Waals surface area contributed by atoms with Crippen molar-refractivity contribution in [3.8, 4) is 0 Å². The van der Waals surface area contributed by atoms with E-state index in [-0.39, 0.29) is 0 Å². The number of aliphatic imine (C=N–C) groups is 1. The first-order chi connectivity index (χ1) is 10.3. The zero-order chi connectivity index (χ0) is 14.9. The fourth-order valence-electron chi connectivity index (χ4n) is 2.83. The Kier molecular flexibility index (Phi) is 7.03. The average Bonchev–Trinajstić information content (AvgIpc) is 3.19. The lowest BCUT2D eigenvalue weighted by Crippen LogP contribution is -2.46. The van der Waals surface area contributed by atoms with Gasteiger partial charge >= 0.3 is 0 Å². The molecule has 118 valence electrons. The lowest BCUT2D eigenvalue weighted by molar-refractivity contribution is 0.236. The Bertz CT molecular complexity index is 410. The zero-order valence-electron chi connectivity index (χ0n) is 13.3. The minimum absolute atomic E-state index is 0.628. The highest BCUT2D eigenvalue weighted by atomic mass is 32.1. The van der Waals surface area contributed by atoms with Crippen molar-refractivity contribution in [1.82, 2.24) is 15.5 Å². The molecule has 2 N–H and O–H groups in total. The molecule has 1 unspecified atom stereocenters. The summed E-state index contributed by atoms with van der Waals surface area (Å²) in [6, 6.07) is 4.92. The van der Waals surface area contributed by atoms with E-state index >= 15 is 0 Å². The van der Waals surface area contributed by atoms with Crippen LogP contribution in [0.25, 0.3) is 0 Å². The summed E-state index contributed by atoms with van der Waals surface area (Å²) < 4.78 is 0. The van der Waals surface area contributed by atoms with Gasteiger partial charge in [-0.25, -0.2) is 0 Å². The zero-order valence-corrected chi connectivity index (χ0v) is 14.1. The van der Waals surface area contributed by atoms with Crippen molar-refractivity contribution in [3.63, 3.8) is 0 Å². The second-order valence-electron chi connectivity index (χ2n) is 5.51. The van der Waals surface area contributed by atoms with E-state index in [1.165, 1.54) is 37.2 Å². The minimum Gasteiger partial charge on any atom is -0.356 e. The summed E-state index contributed by atoms with van der Waals surface area (Å²) in [5.74, 6) is 0.921. The molecule has 1 fully saturated rings. The van der Waals surface area contributed by atoms with Crippen molar-refractivity contribution in [3.05, 3.63) is 22.4 Å². The molecule has 1 saturated heterocycles. The number of likely N-dealkylation sites (tertiary alicyclic amines) is 1. The molecule has 1 aromatic rings. The maximum absolute atomic E-state index is 4.32. The van der Waals surface area contributed by atoms with Gasteiger partial charge in [-0.2, -0.15) is 0 Å². The van der Waals surface area contributed by atoms with Gasteiger partial charge in [0.25, 0.3) is 0 Å². The number of guanidine groups is 1. The lowest BCUT2D eigenvalue weighted by atomic mass is 10.2. The quantitative estimate of drug-likeness (QED) is 0.600. The maximum Gasteiger partial charge on any atom is 0.191 e. The summed E-state index contributed by atoms with van der Waals surface area (Å²) in [4.78, 5) is 8.34. The molecule has 1 atom stereocenters. The van der Waals surface area contributed by atoms with E-state index in [1.807, 2.05) is 18.4 Å². The van der Waals surface area contributed by atoms with Crippen LogP contribution in [0.5, 0.6) is 0 Å². The summed E-state index contributed by atoms with van der Waals surface area (Å²) >= 11 is 1.81. The molecule has 1 aliphatic heterocycles. The molecular weight excluding hydrogens is 280 g/mol. The van der Waals surface area contributed by atoms with Gasteiger partial charge in [-0.05, 0) is 50.2 Å². The number of thiophene rings is 1. The van der Waals surface area contributed by atoms with E-state index in [0.29, 0.717) is 6.04 Å². The predicted octanol–water partition coefficient (Wildman–Crippen LogP) is 2.33. The van der Waals surface area contributed by atoms with Gasteiger partial charge in [0.05, 0.1) is 0 Å². The minimum atomic E-state index is 0.628. The highest BCUT2D eigenvalue weighted by Gasteiger charge is 2.20. The van der Waals surface area contributed by atoms with Gasteiger partial charge in [-0.1, -0.05) is 13.0 Å². The Hall–Kier alpha value is -1.07. The van der Waals surface area contributed by atoms with E-state index in [0.717, 1.165) is 25.5 Å². The average molecular weight is 308 g/mol. The Labute approximate surface area is 132 Å². The first kappa shape index (κ1) is 16.3. The smallest absolute Gasteiger partial charge is 0.191 e. The van der Waals surface area contributed by atoms with Crippen LogP contribution in [0, 0.1) is 0 Å². The van der Waals surface area contributed by atoms with Gasteiger partial charge in [-0.15, -0.1) is 11.3 Å². The normalized spacial score (nSPS) is 17.9. The monoisotopic (exact) mass is 308 g/mol. The van der Waals surface area contributed by atoms with Crippen LogP contribution >= 0.6 is 11.3 Å². The van der Waals surface area contributed by atoms with Crippen LogP contribution in [0.3, 0.4) is 0 Å². The number of hydrogen-bond acceptors (Lipinski definition) is 3. The molecule has 2 heterocycles. The third-order valence-corrected chi connectivity index (χ3v) is 5.04. The highest BCUT2D eigenvalue weighted by Crippen LogP contribution is 2.13. The van der Waals surface area contributed by atoms with Gasteiger partial charge in [0, 0.05) is 31.1 Å². The molecule has 5 heteroatoms. The van der Waals surface area contributed by atoms with Crippen LogP contribution in [0.1, 0.15) is 31.1 Å².